The zero-order valence-corrected chi connectivity index (χ0v) is 19.1. The maximum atomic E-state index is 12.8. The highest BCUT2D eigenvalue weighted by atomic mass is 35.5. The third-order valence-corrected chi connectivity index (χ3v) is 6.17. The van der Waals surface area contributed by atoms with E-state index in [-0.39, 0.29) is 13.2 Å². The number of fused-ring (bicyclic) bond motifs is 1. The van der Waals surface area contributed by atoms with Gasteiger partial charge in [-0.2, -0.15) is 5.26 Å². The third kappa shape index (κ3) is 4.24. The van der Waals surface area contributed by atoms with E-state index in [1.807, 2.05) is 47.7 Å². The Hall–Kier alpha value is -3.21. The van der Waals surface area contributed by atoms with Crippen molar-refractivity contribution in [3.63, 3.8) is 0 Å². The number of carbonyl (C=O) groups is 1. The number of amidine groups is 1. The van der Waals surface area contributed by atoms with Crippen LogP contribution in [0.1, 0.15) is 36.6 Å². The van der Waals surface area contributed by atoms with Crippen LogP contribution in [0.15, 0.2) is 70.3 Å². The lowest BCUT2D eigenvalue weighted by Crippen LogP contribution is -2.34. The van der Waals surface area contributed by atoms with Gasteiger partial charge in [0.25, 0.3) is 0 Å². The van der Waals surface area contributed by atoms with Gasteiger partial charge in [-0.3, -0.25) is 0 Å². The van der Waals surface area contributed by atoms with Crippen molar-refractivity contribution in [2.45, 2.75) is 26.5 Å². The fourth-order valence-electron chi connectivity index (χ4n) is 3.61. The largest absolute Gasteiger partial charge is 0.487 e. The van der Waals surface area contributed by atoms with Gasteiger partial charge < -0.3 is 14.4 Å². The quantitative estimate of drug-likeness (QED) is 0.520. The maximum absolute atomic E-state index is 12.8. The van der Waals surface area contributed by atoms with Crippen LogP contribution >= 0.6 is 23.4 Å². The van der Waals surface area contributed by atoms with Crippen molar-refractivity contribution in [3.8, 4) is 11.8 Å². The number of nitrogens with zero attached hydrogens (tertiary/aromatic N) is 3. The molecule has 0 radical (unpaired) electrons. The smallest absolute Gasteiger partial charge is 0.338 e. The minimum absolute atomic E-state index is 0.224. The van der Waals surface area contributed by atoms with Crippen molar-refractivity contribution in [3.05, 3.63) is 87.1 Å². The molecule has 0 fully saturated rings. The van der Waals surface area contributed by atoms with Gasteiger partial charge in [-0.15, -0.1) is 0 Å². The van der Waals surface area contributed by atoms with Gasteiger partial charge in [0, 0.05) is 11.8 Å². The first kappa shape index (κ1) is 22.0. The predicted molar refractivity (Wildman–Crippen MR) is 125 cm³/mol. The van der Waals surface area contributed by atoms with Crippen molar-refractivity contribution < 1.29 is 14.3 Å². The Bertz CT molecular complexity index is 1200. The fourth-order valence-corrected chi connectivity index (χ4v) is 4.65. The molecule has 8 heteroatoms. The number of carbonyl (C=O) groups excluding carboxylic acids is 1. The minimum atomic E-state index is -0.404. The number of rotatable bonds is 6. The minimum Gasteiger partial charge on any atom is -0.487 e. The number of aliphatic imine (C=N–C) groups is 1. The summed E-state index contributed by atoms with van der Waals surface area (Å²) in [6, 6.07) is 14.5. The topological polar surface area (TPSA) is 74.9 Å². The number of benzene rings is 2. The molecule has 0 aromatic heterocycles. The molecule has 6 nitrogen and oxygen atoms in total. The lowest BCUT2D eigenvalue weighted by Gasteiger charge is -2.33. The van der Waals surface area contributed by atoms with Gasteiger partial charge in [0.1, 0.15) is 12.4 Å². The zero-order valence-electron chi connectivity index (χ0n) is 17.5. The van der Waals surface area contributed by atoms with Crippen LogP contribution in [-0.2, 0) is 16.1 Å². The molecule has 1 atom stereocenters. The second-order valence-electron chi connectivity index (χ2n) is 7.07. The molecule has 2 aliphatic rings. The molecule has 0 aliphatic carbocycles. The van der Waals surface area contributed by atoms with Crippen LogP contribution in [0, 0.1) is 11.3 Å². The summed E-state index contributed by atoms with van der Waals surface area (Å²) in [5.74, 6) is 0.102. The zero-order chi connectivity index (χ0) is 22.7. The van der Waals surface area contributed by atoms with Gasteiger partial charge in [0.15, 0.2) is 5.17 Å². The van der Waals surface area contributed by atoms with Gasteiger partial charge in [-0.05, 0) is 43.0 Å². The van der Waals surface area contributed by atoms with Crippen LogP contribution in [0.3, 0.4) is 0 Å². The van der Waals surface area contributed by atoms with Crippen LogP contribution in [0.25, 0.3) is 0 Å². The number of halogens is 1. The van der Waals surface area contributed by atoms with Gasteiger partial charge >= 0.3 is 5.97 Å². The van der Waals surface area contributed by atoms with Crippen molar-refractivity contribution >= 4 is 34.5 Å². The third-order valence-electron chi connectivity index (χ3n) is 5.11. The summed E-state index contributed by atoms with van der Waals surface area (Å²) >= 11 is 8.06. The number of esters is 1. The summed E-state index contributed by atoms with van der Waals surface area (Å²) in [6.07, 6.45) is 1.90. The monoisotopic (exact) mass is 465 g/mol. The van der Waals surface area contributed by atoms with Crippen molar-refractivity contribution in [2.75, 3.05) is 6.61 Å². The van der Waals surface area contributed by atoms with Crippen LogP contribution in [0.5, 0.6) is 5.75 Å². The van der Waals surface area contributed by atoms with Crippen molar-refractivity contribution in [2.24, 2.45) is 4.99 Å². The van der Waals surface area contributed by atoms with Gasteiger partial charge in [0.05, 0.1) is 40.6 Å². The van der Waals surface area contributed by atoms with Crippen LogP contribution < -0.4 is 4.74 Å². The first-order chi connectivity index (χ1) is 15.5. The highest BCUT2D eigenvalue weighted by molar-refractivity contribution is 8.16. The Balaban J connectivity index is 1.63. The molecule has 2 aliphatic heterocycles. The van der Waals surface area contributed by atoms with Gasteiger partial charge in [-0.1, -0.05) is 47.6 Å². The average molecular weight is 466 g/mol. The van der Waals surface area contributed by atoms with E-state index in [1.165, 1.54) is 11.8 Å². The number of nitriles is 1. The summed E-state index contributed by atoms with van der Waals surface area (Å²) < 4.78 is 11.2. The Kier molecular flexibility index (Phi) is 6.54. The molecule has 162 valence electrons. The SMILES string of the molecule is CCOC(=O)C1=C(C)N=C2SC=CN2[C@@H]1c1ccc(OCc2ccccc2C#N)c(Cl)c1. The maximum Gasteiger partial charge on any atom is 0.338 e. The first-order valence-electron chi connectivity index (χ1n) is 10.0. The Morgan fingerprint density at radius 2 is 2.12 bits per heavy atom. The van der Waals surface area contributed by atoms with Gasteiger partial charge in [0.2, 0.25) is 0 Å². The Morgan fingerprint density at radius 3 is 2.88 bits per heavy atom. The number of ether oxygens (including phenoxy) is 2. The molecule has 0 unspecified atom stereocenters. The molecular weight excluding hydrogens is 446 g/mol. The van der Waals surface area contributed by atoms with Crippen LogP contribution in [0.2, 0.25) is 5.02 Å². The van der Waals surface area contributed by atoms with E-state index in [1.54, 1.807) is 25.1 Å². The molecule has 4 rings (SSSR count). The first-order valence-corrected chi connectivity index (χ1v) is 11.3. The van der Waals surface area contributed by atoms with E-state index >= 15 is 0 Å². The number of thioether (sulfide) groups is 1. The average Bonchev–Trinajstić information content (AvgIpc) is 3.25. The molecule has 2 aromatic rings. The predicted octanol–water partition coefficient (Wildman–Crippen LogP) is 5.56. The van der Waals surface area contributed by atoms with E-state index in [0.29, 0.717) is 27.6 Å². The molecule has 0 saturated heterocycles. The number of hydrogen-bond acceptors (Lipinski definition) is 7. The molecule has 0 N–H and O–H groups in total. The Labute approximate surface area is 195 Å². The standard InChI is InChI=1S/C24H20ClN3O3S/c1-3-30-23(29)21-15(2)27-24-28(10-11-32-24)22(21)16-8-9-20(19(25)12-16)31-14-18-7-5-4-6-17(18)13-26/h4-12,22H,3,14H2,1-2H3/t22-/m1/s1. The molecule has 0 amide bonds. The van der Waals surface area contributed by atoms with Gasteiger partial charge in [-0.25, -0.2) is 9.79 Å². The van der Waals surface area contributed by atoms with Crippen molar-refractivity contribution in [1.82, 2.24) is 4.90 Å². The molecule has 2 heterocycles. The second-order valence-corrected chi connectivity index (χ2v) is 8.35. The summed E-state index contributed by atoms with van der Waals surface area (Å²) in [7, 11) is 0. The normalized spacial score (nSPS) is 17.0. The number of allylic oxidation sites excluding steroid dienone is 1. The summed E-state index contributed by atoms with van der Waals surface area (Å²) in [6.45, 7) is 4.09. The van der Waals surface area contributed by atoms with E-state index in [0.717, 1.165) is 16.3 Å². The fraction of sp³-hybridized carbons (Fsp3) is 0.208. The molecule has 0 bridgehead atoms. The highest BCUT2D eigenvalue weighted by Gasteiger charge is 2.37. The molecular formula is C24H20ClN3O3S. The Morgan fingerprint density at radius 1 is 1.31 bits per heavy atom. The van der Waals surface area contributed by atoms with E-state index in [4.69, 9.17) is 21.1 Å². The summed E-state index contributed by atoms with van der Waals surface area (Å²) in [5, 5.41) is 12.4. The van der Waals surface area contributed by atoms with E-state index in [2.05, 4.69) is 11.1 Å². The second kappa shape index (κ2) is 9.51. The molecule has 0 spiro atoms. The lowest BCUT2D eigenvalue weighted by atomic mass is 9.94. The van der Waals surface area contributed by atoms with Crippen LogP contribution in [0.4, 0.5) is 0 Å². The summed E-state index contributed by atoms with van der Waals surface area (Å²) in [4.78, 5) is 19.3. The van der Waals surface area contributed by atoms with E-state index in [9.17, 15) is 10.1 Å². The molecule has 2 aromatic carbocycles. The lowest BCUT2D eigenvalue weighted by molar-refractivity contribution is -0.139. The number of hydrogen-bond donors (Lipinski definition) is 0. The molecule has 0 saturated carbocycles. The van der Waals surface area contributed by atoms with Crippen molar-refractivity contribution in [1.29, 1.82) is 5.26 Å². The summed E-state index contributed by atoms with van der Waals surface area (Å²) in [5.41, 5.74) is 3.27. The molecule has 32 heavy (non-hydrogen) atoms. The van der Waals surface area contributed by atoms with E-state index < -0.39 is 12.0 Å². The van der Waals surface area contributed by atoms with Crippen LogP contribution in [-0.4, -0.2) is 22.6 Å². The highest BCUT2D eigenvalue weighted by Crippen LogP contribution is 2.42.